The third-order valence-corrected chi connectivity index (χ3v) is 13.8. The van der Waals surface area contributed by atoms with Gasteiger partial charge in [-0.1, -0.05) is 39.0 Å². The van der Waals surface area contributed by atoms with Crippen molar-refractivity contribution < 1.29 is 17.1 Å². The van der Waals surface area contributed by atoms with Gasteiger partial charge >= 0.3 is 17.1 Å². The van der Waals surface area contributed by atoms with Gasteiger partial charge in [-0.05, 0) is 123 Å². The van der Waals surface area contributed by atoms with Crippen molar-refractivity contribution in [2.24, 2.45) is 35.5 Å². The van der Waals surface area contributed by atoms with Gasteiger partial charge in [-0.2, -0.15) is 41.0 Å². The summed E-state index contributed by atoms with van der Waals surface area (Å²) in [6.07, 6.45) is 14.2. The van der Waals surface area contributed by atoms with E-state index in [0.29, 0.717) is 17.3 Å². The molecule has 2 N–H and O–H groups in total. The molecule has 2 aliphatic heterocycles. The third kappa shape index (κ3) is 6.14. The molecule has 7 atom stereocenters. The summed E-state index contributed by atoms with van der Waals surface area (Å²) in [6, 6.07) is 15.5. The molecule has 4 aliphatic carbocycles. The zero-order chi connectivity index (χ0) is 28.0. The molecule has 6 aliphatic rings. The molecule has 2 nitrogen and oxygen atoms in total. The molecule has 41 heavy (non-hydrogen) atoms. The predicted octanol–water partition coefficient (Wildman–Crippen LogP) is 7.74. The number of hydrogen-bond acceptors (Lipinski definition) is 2. The molecule has 0 spiro atoms. The van der Waals surface area contributed by atoms with Crippen molar-refractivity contribution in [1.29, 1.82) is 0 Å². The third-order valence-electron chi connectivity index (χ3n) is 12.0. The van der Waals surface area contributed by atoms with Crippen molar-refractivity contribution in [2.75, 3.05) is 32.3 Å². The van der Waals surface area contributed by atoms with Gasteiger partial charge in [-0.15, -0.1) is 18.5 Å². The van der Waals surface area contributed by atoms with E-state index in [9.17, 15) is 0 Å². The molecular formula is C36H56FeN2P2. The minimum absolute atomic E-state index is 0. The molecule has 2 heterocycles. The van der Waals surface area contributed by atoms with Crippen LogP contribution in [0.15, 0.2) is 42.5 Å². The molecular weight excluding hydrogens is 578 g/mol. The van der Waals surface area contributed by atoms with Gasteiger partial charge in [0.1, 0.15) is 0 Å². The summed E-state index contributed by atoms with van der Waals surface area (Å²) in [6.45, 7) is 12.1. The molecule has 7 unspecified atom stereocenters. The fourth-order valence-electron chi connectivity index (χ4n) is 10.3. The maximum absolute atomic E-state index is 3.82. The Bertz CT molecular complexity index is 1040. The zero-order valence-electron chi connectivity index (χ0n) is 25.9. The largest absolute Gasteiger partial charge is 2.00 e. The van der Waals surface area contributed by atoms with Crippen LogP contribution in [0, 0.1) is 35.5 Å². The standard InChI is InChI=1S/C31H51N2P2.C5H5.Fe/c1-29(2,3)25-13-26(30-15-20-10-21(16-30)12-22(11-20)28(30)19-34)27(14-25)31(35,23-6-4-8-32-17-23)24-7-5-9-33-18-24;1-2-4-5-3-1;/h13-14,20-24,28,32-33H,4-12,15-19,34-35H2,1-3H3;1-5H;/q2*-1;+2. The van der Waals surface area contributed by atoms with Crippen LogP contribution in [0.3, 0.4) is 0 Å². The SMILES string of the molecule is CC(C)(C)c1cc(C23CC4CC(CC(C4)C2CP)C3)c(C(P)(C2CCCNC2)C2CCCNC2)[cH-]1.[Fe+2].c1cc[cH-]c1. The van der Waals surface area contributed by atoms with Crippen molar-refractivity contribution in [3.8, 4) is 0 Å². The van der Waals surface area contributed by atoms with E-state index in [1.165, 1.54) is 90.1 Å². The average molecular weight is 635 g/mol. The van der Waals surface area contributed by atoms with E-state index in [1.54, 1.807) is 11.1 Å². The van der Waals surface area contributed by atoms with Crippen LogP contribution in [0.5, 0.6) is 0 Å². The van der Waals surface area contributed by atoms with Crippen LogP contribution in [-0.4, -0.2) is 32.3 Å². The first-order chi connectivity index (χ1) is 19.3. The van der Waals surface area contributed by atoms with Gasteiger partial charge < -0.3 is 10.6 Å². The average Bonchev–Trinajstić information content (AvgIpc) is 3.68. The van der Waals surface area contributed by atoms with Crippen molar-refractivity contribution in [1.82, 2.24) is 10.6 Å². The summed E-state index contributed by atoms with van der Waals surface area (Å²) in [5.41, 5.74) is 5.80. The van der Waals surface area contributed by atoms with Crippen LogP contribution in [0.1, 0.15) is 95.2 Å². The number of rotatable bonds is 5. The second-order valence-corrected chi connectivity index (χ2v) is 16.8. The van der Waals surface area contributed by atoms with Crippen LogP contribution in [0.2, 0.25) is 0 Å². The first kappa shape index (κ1) is 32.4. The molecule has 4 bridgehead atoms. The van der Waals surface area contributed by atoms with Crippen LogP contribution >= 0.6 is 18.5 Å². The van der Waals surface area contributed by atoms with E-state index >= 15 is 0 Å². The van der Waals surface area contributed by atoms with E-state index in [4.69, 9.17) is 0 Å². The Labute approximate surface area is 266 Å². The summed E-state index contributed by atoms with van der Waals surface area (Å²) in [7, 11) is 6.81. The Hall–Kier alpha value is -0.000519. The maximum Gasteiger partial charge on any atom is 2.00 e. The van der Waals surface area contributed by atoms with Gasteiger partial charge in [0, 0.05) is 0 Å². The van der Waals surface area contributed by atoms with Crippen LogP contribution < -0.4 is 10.6 Å². The summed E-state index contributed by atoms with van der Waals surface area (Å²) < 4.78 is 0. The van der Waals surface area contributed by atoms with Crippen molar-refractivity contribution in [3.05, 3.63) is 59.2 Å². The quantitative estimate of drug-likeness (QED) is 0.200. The second-order valence-electron chi connectivity index (χ2n) is 15.4. The molecule has 4 saturated carbocycles. The minimum atomic E-state index is 0. The first-order valence-corrected chi connectivity index (χ1v) is 18.0. The van der Waals surface area contributed by atoms with Crippen LogP contribution in [0.25, 0.3) is 0 Å². The smallest absolute Gasteiger partial charge is 0.316 e. The number of hydrogen-bond donors (Lipinski definition) is 2. The van der Waals surface area contributed by atoms with Gasteiger partial charge in [0.05, 0.1) is 0 Å². The molecule has 0 aromatic heterocycles. The Morgan fingerprint density at radius 3 is 1.95 bits per heavy atom. The topological polar surface area (TPSA) is 24.1 Å². The van der Waals surface area contributed by atoms with Crippen LogP contribution in [-0.2, 0) is 33.1 Å². The number of piperidine rings is 2. The molecule has 2 aromatic carbocycles. The fourth-order valence-corrected chi connectivity index (χ4v) is 12.0. The Morgan fingerprint density at radius 1 is 0.927 bits per heavy atom. The molecule has 6 fully saturated rings. The maximum atomic E-state index is 3.82. The van der Waals surface area contributed by atoms with E-state index in [2.05, 4.69) is 62.0 Å². The Kier molecular flexibility index (Phi) is 10.4. The van der Waals surface area contributed by atoms with E-state index in [-0.39, 0.29) is 27.6 Å². The van der Waals surface area contributed by atoms with Gasteiger partial charge in [0.2, 0.25) is 0 Å². The Morgan fingerprint density at radius 2 is 1.51 bits per heavy atom. The molecule has 2 aromatic rings. The van der Waals surface area contributed by atoms with E-state index < -0.39 is 0 Å². The second kappa shape index (κ2) is 13.2. The molecule has 0 amide bonds. The number of nitrogens with one attached hydrogen (secondary N) is 2. The molecule has 5 heteroatoms. The van der Waals surface area contributed by atoms with Crippen molar-refractivity contribution >= 4 is 18.5 Å². The molecule has 228 valence electrons. The summed E-state index contributed by atoms with van der Waals surface area (Å²) in [5, 5.41) is 7.82. The molecule has 2 saturated heterocycles. The molecule has 8 rings (SSSR count). The van der Waals surface area contributed by atoms with Gasteiger partial charge in [0.15, 0.2) is 0 Å². The first-order valence-electron chi connectivity index (χ1n) is 16.6. The summed E-state index contributed by atoms with van der Waals surface area (Å²) in [4.78, 5) is 0. The zero-order valence-corrected chi connectivity index (χ0v) is 29.3. The monoisotopic (exact) mass is 634 g/mol. The fraction of sp³-hybridized carbons (Fsp3) is 0.722. The van der Waals surface area contributed by atoms with Gasteiger partial charge in [0.25, 0.3) is 0 Å². The van der Waals surface area contributed by atoms with E-state index in [1.807, 2.05) is 35.9 Å². The van der Waals surface area contributed by atoms with Crippen LogP contribution in [0.4, 0.5) is 0 Å². The van der Waals surface area contributed by atoms with Crippen molar-refractivity contribution in [3.63, 3.8) is 0 Å². The normalized spacial score (nSPS) is 36.1. The minimum Gasteiger partial charge on any atom is -0.316 e. The van der Waals surface area contributed by atoms with Gasteiger partial charge in [-0.3, -0.25) is 0 Å². The van der Waals surface area contributed by atoms with Crippen molar-refractivity contribution in [2.45, 2.75) is 94.5 Å². The Balaban J connectivity index is 0.000000510. The summed E-state index contributed by atoms with van der Waals surface area (Å²) in [5.74, 6) is 5.20. The predicted molar refractivity (Wildman–Crippen MR) is 179 cm³/mol. The van der Waals surface area contributed by atoms with E-state index in [0.717, 1.165) is 23.7 Å². The summed E-state index contributed by atoms with van der Waals surface area (Å²) >= 11 is 0. The van der Waals surface area contributed by atoms with Gasteiger partial charge in [-0.25, -0.2) is 18.2 Å². The molecule has 0 radical (unpaired) electrons.